The Morgan fingerprint density at radius 2 is 2.15 bits per heavy atom. The van der Waals surface area contributed by atoms with E-state index in [0.717, 1.165) is 38.9 Å². The van der Waals surface area contributed by atoms with Crippen molar-refractivity contribution in [2.24, 2.45) is 0 Å². The second kappa shape index (κ2) is 5.42. The molecule has 0 bridgehead atoms. The first kappa shape index (κ1) is 13.4. The molecule has 3 rings (SSSR count). The van der Waals surface area contributed by atoms with Gasteiger partial charge in [-0.05, 0) is 47.1 Å². The first-order valence-corrected chi connectivity index (χ1v) is 7.92. The first-order valence-electron chi connectivity index (χ1n) is 6.25. The Balaban J connectivity index is 1.95. The predicted molar refractivity (Wildman–Crippen MR) is 90.2 cm³/mol. The molecule has 0 radical (unpaired) electrons. The van der Waals surface area contributed by atoms with Gasteiger partial charge in [-0.25, -0.2) is 0 Å². The Morgan fingerprint density at radius 1 is 1.30 bits per heavy atom. The number of benzene rings is 1. The molecule has 2 heterocycles. The van der Waals surface area contributed by atoms with Crippen molar-refractivity contribution in [2.75, 3.05) is 11.1 Å². The molecule has 2 aromatic heterocycles. The van der Waals surface area contributed by atoms with Gasteiger partial charge >= 0.3 is 0 Å². The molecule has 3 N–H and O–H groups in total. The van der Waals surface area contributed by atoms with E-state index >= 15 is 0 Å². The van der Waals surface area contributed by atoms with Crippen molar-refractivity contribution in [3.05, 3.63) is 50.9 Å². The summed E-state index contributed by atoms with van der Waals surface area (Å²) >= 11 is 5.21. The lowest BCUT2D eigenvalue weighted by Gasteiger charge is -2.11. The molecule has 0 amide bonds. The molecule has 0 aliphatic heterocycles. The molecule has 1 aromatic carbocycles. The van der Waals surface area contributed by atoms with Crippen molar-refractivity contribution in [1.29, 1.82) is 0 Å². The van der Waals surface area contributed by atoms with Gasteiger partial charge in [0.05, 0.1) is 0 Å². The molecule has 20 heavy (non-hydrogen) atoms. The fourth-order valence-corrected chi connectivity index (χ4v) is 3.54. The minimum absolute atomic E-state index is 0.761. The Morgan fingerprint density at radius 3 is 2.90 bits per heavy atom. The zero-order valence-corrected chi connectivity index (χ0v) is 13.4. The summed E-state index contributed by atoms with van der Waals surface area (Å²) in [6.07, 6.45) is 1.84. The zero-order valence-electron chi connectivity index (χ0n) is 11.0. The number of hydrogen-bond acceptors (Lipinski definition) is 4. The Kier molecular flexibility index (Phi) is 3.63. The zero-order chi connectivity index (χ0) is 14.1. The van der Waals surface area contributed by atoms with Crippen LogP contribution in [0, 0.1) is 6.92 Å². The molecular weight excluding hydrogens is 334 g/mol. The highest BCUT2D eigenvalue weighted by Crippen LogP contribution is 2.29. The van der Waals surface area contributed by atoms with Crippen molar-refractivity contribution in [3.8, 4) is 0 Å². The van der Waals surface area contributed by atoms with Gasteiger partial charge in [0.2, 0.25) is 0 Å². The van der Waals surface area contributed by atoms with E-state index in [9.17, 15) is 0 Å². The van der Waals surface area contributed by atoms with Crippen LogP contribution in [0.25, 0.3) is 10.8 Å². The van der Waals surface area contributed by atoms with E-state index in [-0.39, 0.29) is 0 Å². The number of thiophene rings is 1. The molecule has 0 atom stereocenters. The molecule has 3 nitrogen and oxygen atoms in total. The minimum Gasteiger partial charge on any atom is -0.398 e. The van der Waals surface area contributed by atoms with Crippen LogP contribution < -0.4 is 11.1 Å². The summed E-state index contributed by atoms with van der Waals surface area (Å²) < 4.78 is 1.13. The number of fused-ring (bicyclic) bond motifs is 1. The van der Waals surface area contributed by atoms with Crippen LogP contribution in [-0.4, -0.2) is 4.98 Å². The van der Waals surface area contributed by atoms with Crippen LogP contribution in [0.2, 0.25) is 0 Å². The van der Waals surface area contributed by atoms with Gasteiger partial charge in [-0.3, -0.25) is 4.98 Å². The van der Waals surface area contributed by atoms with Crippen LogP contribution in [0.15, 0.2) is 40.3 Å². The third kappa shape index (κ3) is 2.64. The quantitative estimate of drug-likeness (QED) is 0.682. The van der Waals surface area contributed by atoms with E-state index in [1.165, 1.54) is 4.88 Å². The SMILES string of the molecule is Cc1cc2c(NCc3cc(Br)cs3)ccc(N)c2cn1. The van der Waals surface area contributed by atoms with Crippen LogP contribution in [-0.2, 0) is 6.54 Å². The summed E-state index contributed by atoms with van der Waals surface area (Å²) in [6, 6.07) is 8.15. The normalized spacial score (nSPS) is 10.9. The number of rotatable bonds is 3. The summed E-state index contributed by atoms with van der Waals surface area (Å²) in [5.74, 6) is 0. The first-order chi connectivity index (χ1) is 9.63. The number of pyridine rings is 1. The Bertz CT molecular complexity index is 767. The fraction of sp³-hybridized carbons (Fsp3) is 0.133. The second-order valence-corrected chi connectivity index (χ2v) is 6.57. The maximum Gasteiger partial charge on any atom is 0.0494 e. The molecule has 0 aliphatic carbocycles. The summed E-state index contributed by atoms with van der Waals surface area (Å²) in [4.78, 5) is 5.60. The lowest BCUT2D eigenvalue weighted by Crippen LogP contribution is -2.00. The van der Waals surface area contributed by atoms with E-state index in [2.05, 4.69) is 43.7 Å². The number of aryl methyl sites for hydroxylation is 1. The molecule has 0 saturated heterocycles. The molecule has 5 heteroatoms. The fourth-order valence-electron chi connectivity index (χ4n) is 2.15. The summed E-state index contributed by atoms with van der Waals surface area (Å²) in [5, 5.41) is 7.68. The highest BCUT2D eigenvalue weighted by atomic mass is 79.9. The van der Waals surface area contributed by atoms with Gasteiger partial charge in [0, 0.05) is 55.3 Å². The summed E-state index contributed by atoms with van der Waals surface area (Å²) in [7, 11) is 0. The minimum atomic E-state index is 0.761. The van der Waals surface area contributed by atoms with Gasteiger partial charge in [0.1, 0.15) is 0 Å². The number of nitrogens with zero attached hydrogens (tertiary/aromatic N) is 1. The highest BCUT2D eigenvalue weighted by Gasteiger charge is 2.06. The number of halogens is 1. The molecule has 3 aromatic rings. The van der Waals surface area contributed by atoms with E-state index in [1.54, 1.807) is 11.3 Å². The van der Waals surface area contributed by atoms with Crippen LogP contribution in [0.4, 0.5) is 11.4 Å². The number of hydrogen-bond donors (Lipinski definition) is 2. The predicted octanol–water partition coefficient (Wildman–Crippen LogP) is 4.56. The van der Waals surface area contributed by atoms with Crippen molar-refractivity contribution in [1.82, 2.24) is 4.98 Å². The maximum absolute atomic E-state index is 6.01. The second-order valence-electron chi connectivity index (χ2n) is 4.66. The van der Waals surface area contributed by atoms with E-state index in [1.807, 2.05) is 25.3 Å². The van der Waals surface area contributed by atoms with E-state index in [4.69, 9.17) is 5.73 Å². The molecule has 0 unspecified atom stereocenters. The van der Waals surface area contributed by atoms with Gasteiger partial charge in [-0.15, -0.1) is 11.3 Å². The lowest BCUT2D eigenvalue weighted by atomic mass is 10.1. The average Bonchev–Trinajstić information content (AvgIpc) is 2.84. The average molecular weight is 348 g/mol. The van der Waals surface area contributed by atoms with Crippen molar-refractivity contribution in [3.63, 3.8) is 0 Å². The van der Waals surface area contributed by atoms with Gasteiger partial charge in [0.15, 0.2) is 0 Å². The Labute approximate surface area is 130 Å². The smallest absolute Gasteiger partial charge is 0.0494 e. The van der Waals surface area contributed by atoms with Crippen LogP contribution in [0.1, 0.15) is 10.6 Å². The van der Waals surface area contributed by atoms with Gasteiger partial charge in [-0.2, -0.15) is 0 Å². The van der Waals surface area contributed by atoms with E-state index in [0.29, 0.717) is 0 Å². The largest absolute Gasteiger partial charge is 0.398 e. The molecule has 0 saturated carbocycles. The lowest BCUT2D eigenvalue weighted by molar-refractivity contribution is 1.19. The van der Waals surface area contributed by atoms with Crippen molar-refractivity contribution >= 4 is 49.4 Å². The molecule has 0 spiro atoms. The molecule has 0 fully saturated rings. The van der Waals surface area contributed by atoms with Gasteiger partial charge in [-0.1, -0.05) is 0 Å². The Hall–Kier alpha value is -1.59. The number of nitrogens with one attached hydrogen (secondary N) is 1. The monoisotopic (exact) mass is 347 g/mol. The van der Waals surface area contributed by atoms with Crippen molar-refractivity contribution in [2.45, 2.75) is 13.5 Å². The highest BCUT2D eigenvalue weighted by molar-refractivity contribution is 9.10. The molecule has 102 valence electrons. The number of nitrogens with two attached hydrogens (primary N) is 1. The summed E-state index contributed by atoms with van der Waals surface area (Å²) in [5.41, 5.74) is 8.85. The van der Waals surface area contributed by atoms with Gasteiger partial charge < -0.3 is 11.1 Å². The number of aromatic nitrogens is 1. The van der Waals surface area contributed by atoms with Crippen LogP contribution in [0.5, 0.6) is 0 Å². The topological polar surface area (TPSA) is 50.9 Å². The maximum atomic E-state index is 6.01. The summed E-state index contributed by atoms with van der Waals surface area (Å²) in [6.45, 7) is 2.79. The third-order valence-electron chi connectivity index (χ3n) is 3.15. The standard InChI is InChI=1S/C15H14BrN3S/c1-9-4-12-13(7-18-9)14(17)2-3-15(12)19-6-11-5-10(16)8-20-11/h2-5,7-8,19H,6,17H2,1H3. The number of nitrogen functional groups attached to an aromatic ring is 1. The molecule has 0 aliphatic rings. The van der Waals surface area contributed by atoms with E-state index < -0.39 is 0 Å². The van der Waals surface area contributed by atoms with Crippen LogP contribution in [0.3, 0.4) is 0 Å². The number of anilines is 2. The van der Waals surface area contributed by atoms with Gasteiger partial charge in [0.25, 0.3) is 0 Å². The van der Waals surface area contributed by atoms with Crippen LogP contribution >= 0.6 is 27.3 Å². The molecular formula is C15H14BrN3S. The third-order valence-corrected chi connectivity index (χ3v) is 4.84. The van der Waals surface area contributed by atoms with Crippen molar-refractivity contribution < 1.29 is 0 Å².